The predicted octanol–water partition coefficient (Wildman–Crippen LogP) is 3.35. The molecule has 0 spiro atoms. The molecule has 0 saturated heterocycles. The predicted molar refractivity (Wildman–Crippen MR) is 110 cm³/mol. The number of furan rings is 1. The Labute approximate surface area is 168 Å². The van der Waals surface area contributed by atoms with Crippen LogP contribution < -0.4 is 5.32 Å². The summed E-state index contributed by atoms with van der Waals surface area (Å²) in [5, 5.41) is 3.92. The zero-order valence-electron chi connectivity index (χ0n) is 16.0. The van der Waals surface area contributed by atoms with E-state index in [-0.39, 0.29) is 11.8 Å². The summed E-state index contributed by atoms with van der Waals surface area (Å²) in [5.41, 5.74) is 4.01. The minimum atomic E-state index is -0.00881. The average Bonchev–Trinajstić information content (AvgIpc) is 2.96. The first kappa shape index (κ1) is 17.7. The highest BCUT2D eigenvalue weighted by Crippen LogP contribution is 2.29. The number of carbonyl (C=O) groups is 2. The lowest BCUT2D eigenvalue weighted by molar-refractivity contribution is -0.125. The standard InChI is InChI=1S/C23H21N3O3/c27-21-7-6-16-13-15(14-24-23(16)25-21)5-8-22(28)26-11-9-18-17-3-1-2-4-19(17)29-20(18)10-12-26/h1-5,8,13-14H,6-7,9-12H2,(H,24,25,27)/b8-5+. The Kier molecular flexibility index (Phi) is 4.39. The molecule has 0 aliphatic carbocycles. The molecule has 146 valence electrons. The first-order chi connectivity index (χ1) is 14.2. The smallest absolute Gasteiger partial charge is 0.246 e. The maximum atomic E-state index is 12.7. The summed E-state index contributed by atoms with van der Waals surface area (Å²) in [6.07, 6.45) is 7.75. The Bertz CT molecular complexity index is 1150. The molecule has 4 heterocycles. The fraction of sp³-hybridized carbons (Fsp3) is 0.261. The molecule has 6 heteroatoms. The van der Waals surface area contributed by atoms with Crippen LogP contribution in [0.15, 0.2) is 47.0 Å². The quantitative estimate of drug-likeness (QED) is 0.684. The van der Waals surface area contributed by atoms with Crippen LogP contribution in [0.25, 0.3) is 17.0 Å². The van der Waals surface area contributed by atoms with E-state index in [1.807, 2.05) is 29.2 Å². The Morgan fingerprint density at radius 3 is 2.93 bits per heavy atom. The Balaban J connectivity index is 1.28. The number of benzene rings is 1. The van der Waals surface area contributed by atoms with Gasteiger partial charge in [0.05, 0.1) is 0 Å². The Hall–Kier alpha value is -3.41. The number of rotatable bonds is 2. The van der Waals surface area contributed by atoms with Gasteiger partial charge < -0.3 is 14.6 Å². The highest BCUT2D eigenvalue weighted by molar-refractivity contribution is 5.94. The second-order valence-corrected chi connectivity index (χ2v) is 7.48. The van der Waals surface area contributed by atoms with Crippen LogP contribution in [-0.4, -0.2) is 34.8 Å². The van der Waals surface area contributed by atoms with Gasteiger partial charge in [-0.2, -0.15) is 0 Å². The van der Waals surface area contributed by atoms with E-state index < -0.39 is 0 Å². The molecular weight excluding hydrogens is 366 g/mol. The number of aromatic nitrogens is 1. The average molecular weight is 387 g/mol. The fourth-order valence-corrected chi connectivity index (χ4v) is 4.08. The second-order valence-electron chi connectivity index (χ2n) is 7.48. The van der Waals surface area contributed by atoms with Crippen LogP contribution in [0.1, 0.15) is 28.9 Å². The van der Waals surface area contributed by atoms with Crippen molar-refractivity contribution in [1.82, 2.24) is 9.88 Å². The van der Waals surface area contributed by atoms with Gasteiger partial charge in [0.25, 0.3) is 0 Å². The molecule has 29 heavy (non-hydrogen) atoms. The molecule has 5 rings (SSSR count). The van der Waals surface area contributed by atoms with Gasteiger partial charge in [-0.25, -0.2) is 4.98 Å². The van der Waals surface area contributed by atoms with Crippen molar-refractivity contribution in [2.45, 2.75) is 25.7 Å². The third-order valence-electron chi connectivity index (χ3n) is 5.62. The molecule has 2 amide bonds. The number of pyridine rings is 1. The van der Waals surface area contributed by atoms with E-state index in [1.165, 1.54) is 5.56 Å². The maximum Gasteiger partial charge on any atom is 0.246 e. The minimum Gasteiger partial charge on any atom is -0.461 e. The third kappa shape index (κ3) is 3.42. The zero-order chi connectivity index (χ0) is 19.8. The topological polar surface area (TPSA) is 75.4 Å². The van der Waals surface area contributed by atoms with Crippen LogP contribution in [0, 0.1) is 0 Å². The van der Waals surface area contributed by atoms with Crippen molar-refractivity contribution in [3.05, 3.63) is 65.1 Å². The Morgan fingerprint density at radius 2 is 2.00 bits per heavy atom. The van der Waals surface area contributed by atoms with Crippen LogP contribution in [0.5, 0.6) is 0 Å². The van der Waals surface area contributed by atoms with Crippen molar-refractivity contribution in [3.8, 4) is 0 Å². The van der Waals surface area contributed by atoms with Crippen molar-refractivity contribution in [1.29, 1.82) is 0 Å². The number of aryl methyl sites for hydroxylation is 1. The van der Waals surface area contributed by atoms with Gasteiger partial charge in [-0.05, 0) is 42.2 Å². The number of nitrogens with one attached hydrogen (secondary N) is 1. The van der Waals surface area contributed by atoms with E-state index in [0.29, 0.717) is 31.7 Å². The van der Waals surface area contributed by atoms with Gasteiger partial charge >= 0.3 is 0 Å². The van der Waals surface area contributed by atoms with E-state index >= 15 is 0 Å². The van der Waals surface area contributed by atoms with Crippen molar-refractivity contribution < 1.29 is 14.0 Å². The van der Waals surface area contributed by atoms with Crippen molar-refractivity contribution in [3.63, 3.8) is 0 Å². The SMILES string of the molecule is O=C1CCc2cc(/C=C/C(=O)N3CCc4oc5ccccc5c4CC3)cnc2N1. The third-order valence-corrected chi connectivity index (χ3v) is 5.62. The summed E-state index contributed by atoms with van der Waals surface area (Å²) in [6.45, 7) is 1.32. The highest BCUT2D eigenvalue weighted by atomic mass is 16.3. The normalized spacial score (nSPS) is 16.4. The van der Waals surface area contributed by atoms with Gasteiger partial charge in [0.15, 0.2) is 0 Å². The lowest BCUT2D eigenvalue weighted by atomic mass is 10.0. The lowest BCUT2D eigenvalue weighted by Crippen LogP contribution is -2.31. The first-order valence-electron chi connectivity index (χ1n) is 9.92. The summed E-state index contributed by atoms with van der Waals surface area (Å²) in [4.78, 5) is 30.3. The second kappa shape index (κ2) is 7.20. The molecule has 0 atom stereocenters. The number of nitrogens with zero attached hydrogens (tertiary/aromatic N) is 2. The monoisotopic (exact) mass is 387 g/mol. The number of para-hydroxylation sites is 1. The summed E-state index contributed by atoms with van der Waals surface area (Å²) in [6, 6.07) is 10.1. The summed E-state index contributed by atoms with van der Waals surface area (Å²) < 4.78 is 5.99. The largest absolute Gasteiger partial charge is 0.461 e. The molecule has 1 N–H and O–H groups in total. The zero-order valence-corrected chi connectivity index (χ0v) is 16.0. The van der Waals surface area contributed by atoms with Gasteiger partial charge in [-0.1, -0.05) is 18.2 Å². The number of carbonyl (C=O) groups excluding carboxylic acids is 2. The highest BCUT2D eigenvalue weighted by Gasteiger charge is 2.22. The molecule has 0 fully saturated rings. The van der Waals surface area contributed by atoms with Gasteiger partial charge in [-0.15, -0.1) is 0 Å². The van der Waals surface area contributed by atoms with E-state index in [1.54, 1.807) is 18.3 Å². The van der Waals surface area contributed by atoms with Gasteiger partial charge in [0, 0.05) is 49.2 Å². The van der Waals surface area contributed by atoms with Crippen molar-refractivity contribution >= 4 is 34.7 Å². The molecule has 2 aliphatic heterocycles. The molecule has 6 nitrogen and oxygen atoms in total. The summed E-state index contributed by atoms with van der Waals surface area (Å²) in [5.74, 6) is 1.60. The van der Waals surface area contributed by atoms with Crippen LogP contribution in [0.3, 0.4) is 0 Å². The minimum absolute atomic E-state index is 0.00302. The lowest BCUT2D eigenvalue weighted by Gasteiger charge is -2.18. The molecule has 1 aromatic carbocycles. The van der Waals surface area contributed by atoms with Crippen LogP contribution in [0.2, 0.25) is 0 Å². The van der Waals surface area contributed by atoms with E-state index in [9.17, 15) is 9.59 Å². The number of amides is 2. The molecule has 0 saturated carbocycles. The molecule has 2 aromatic heterocycles. The number of hydrogen-bond donors (Lipinski definition) is 1. The van der Waals surface area contributed by atoms with Crippen LogP contribution >= 0.6 is 0 Å². The van der Waals surface area contributed by atoms with E-state index in [0.717, 1.165) is 40.7 Å². The molecule has 0 radical (unpaired) electrons. The van der Waals surface area contributed by atoms with Gasteiger partial charge in [0.2, 0.25) is 11.8 Å². The molecule has 0 bridgehead atoms. The van der Waals surface area contributed by atoms with E-state index in [4.69, 9.17) is 4.42 Å². The molecule has 3 aromatic rings. The number of hydrogen-bond acceptors (Lipinski definition) is 4. The summed E-state index contributed by atoms with van der Waals surface area (Å²) in [7, 11) is 0. The number of fused-ring (bicyclic) bond motifs is 4. The van der Waals surface area contributed by atoms with Gasteiger partial charge in [0.1, 0.15) is 17.2 Å². The summed E-state index contributed by atoms with van der Waals surface area (Å²) >= 11 is 0. The molecule has 0 unspecified atom stereocenters. The van der Waals surface area contributed by atoms with Crippen LogP contribution in [-0.2, 0) is 28.9 Å². The van der Waals surface area contributed by atoms with E-state index in [2.05, 4.69) is 16.4 Å². The van der Waals surface area contributed by atoms with Crippen LogP contribution in [0.4, 0.5) is 5.82 Å². The van der Waals surface area contributed by atoms with Crippen molar-refractivity contribution in [2.75, 3.05) is 18.4 Å². The van der Waals surface area contributed by atoms with Gasteiger partial charge in [-0.3, -0.25) is 9.59 Å². The Morgan fingerprint density at radius 1 is 1.14 bits per heavy atom. The maximum absolute atomic E-state index is 12.7. The fourth-order valence-electron chi connectivity index (χ4n) is 4.08. The first-order valence-corrected chi connectivity index (χ1v) is 9.92. The molecule has 2 aliphatic rings. The van der Waals surface area contributed by atoms with Crippen molar-refractivity contribution in [2.24, 2.45) is 0 Å². The molecular formula is C23H21N3O3. The number of anilines is 1.